The summed E-state index contributed by atoms with van der Waals surface area (Å²) in [5.41, 5.74) is 1.73. The van der Waals surface area contributed by atoms with Crippen LogP contribution in [0.5, 0.6) is 11.5 Å². The summed E-state index contributed by atoms with van der Waals surface area (Å²) >= 11 is 5.97. The Bertz CT molecular complexity index is 1540. The largest absolute Gasteiger partial charge is 0.478 e. The second-order valence-corrected chi connectivity index (χ2v) is 11.3. The van der Waals surface area contributed by atoms with Gasteiger partial charge in [-0.15, -0.1) is 12.4 Å². The topological polar surface area (TPSA) is 113 Å². The molecule has 0 fully saturated rings. The quantitative estimate of drug-likeness (QED) is 0.162. The van der Waals surface area contributed by atoms with Gasteiger partial charge < -0.3 is 20.3 Å². The third-order valence-corrected chi connectivity index (χ3v) is 8.09. The lowest BCUT2D eigenvalue weighted by molar-refractivity contribution is 0.0694. The second kappa shape index (κ2) is 14.3. The van der Waals surface area contributed by atoms with Gasteiger partial charge in [0, 0.05) is 11.6 Å². The molecule has 0 unspecified atom stereocenters. The molecule has 0 aliphatic heterocycles. The van der Waals surface area contributed by atoms with Crippen molar-refractivity contribution in [2.45, 2.75) is 28.7 Å². The average molecular weight is 603 g/mol. The normalized spacial score (nSPS) is 11.8. The van der Waals surface area contributed by atoms with E-state index in [1.807, 2.05) is 6.07 Å². The standard InChI is InChI=1S/C30H28ClNO6S.ClH/c31-23-8-3-7-22(18-23)28(33)20-32-17-5-6-21-13-15-25(16-14-21)39(36,37)26-10-4-9-24(19-26)38-29-12-2-1-11-27(29)30(34)35;/h1-4,7-16,18-19,28,32-33H,5-6,17,20H2,(H,34,35);1H/t28-;/m1./s1. The average Bonchev–Trinajstić information content (AvgIpc) is 2.93. The number of carboxylic acids is 1. The number of hydrogen-bond donors (Lipinski definition) is 3. The predicted molar refractivity (Wildman–Crippen MR) is 157 cm³/mol. The van der Waals surface area contributed by atoms with Gasteiger partial charge in [-0.05, 0) is 85.1 Å². The van der Waals surface area contributed by atoms with Crippen LogP contribution >= 0.6 is 24.0 Å². The minimum absolute atomic E-state index is 0. The SMILES string of the molecule is Cl.O=C(O)c1ccccc1Oc1cccc(S(=O)(=O)c2ccc(CCCNC[C@@H](O)c3cccc(Cl)c3)cc2)c1. The van der Waals surface area contributed by atoms with Crippen LogP contribution in [0, 0.1) is 0 Å². The lowest BCUT2D eigenvalue weighted by Crippen LogP contribution is -2.22. The first-order valence-corrected chi connectivity index (χ1v) is 14.2. The number of aliphatic hydroxyl groups excluding tert-OH is 1. The van der Waals surface area contributed by atoms with Crippen LogP contribution in [-0.4, -0.2) is 37.7 Å². The Morgan fingerprint density at radius 1 is 0.900 bits per heavy atom. The summed E-state index contributed by atoms with van der Waals surface area (Å²) in [5.74, 6) is -0.799. The van der Waals surface area contributed by atoms with Gasteiger partial charge in [0.1, 0.15) is 17.1 Å². The minimum atomic E-state index is -3.81. The van der Waals surface area contributed by atoms with E-state index in [2.05, 4.69) is 5.32 Å². The van der Waals surface area contributed by atoms with Crippen LogP contribution in [0.3, 0.4) is 0 Å². The maximum Gasteiger partial charge on any atom is 0.339 e. The molecule has 0 saturated carbocycles. The second-order valence-electron chi connectivity index (χ2n) is 8.90. The molecular weight excluding hydrogens is 573 g/mol. The smallest absolute Gasteiger partial charge is 0.339 e. The third-order valence-electron chi connectivity index (χ3n) is 6.08. The summed E-state index contributed by atoms with van der Waals surface area (Å²) < 4.78 is 32.2. The molecule has 0 heterocycles. The molecule has 40 heavy (non-hydrogen) atoms. The molecule has 0 spiro atoms. The molecule has 0 bridgehead atoms. The lowest BCUT2D eigenvalue weighted by Gasteiger charge is -2.12. The first-order chi connectivity index (χ1) is 18.7. The van der Waals surface area contributed by atoms with Crippen molar-refractivity contribution in [3.63, 3.8) is 0 Å². The van der Waals surface area contributed by atoms with Crippen molar-refractivity contribution in [2.24, 2.45) is 0 Å². The van der Waals surface area contributed by atoms with Gasteiger partial charge in [0.15, 0.2) is 0 Å². The molecule has 210 valence electrons. The fraction of sp³-hybridized carbons (Fsp3) is 0.167. The molecule has 0 aromatic heterocycles. The number of aryl methyl sites for hydroxylation is 1. The van der Waals surface area contributed by atoms with Gasteiger partial charge in [-0.25, -0.2) is 13.2 Å². The van der Waals surface area contributed by atoms with Crippen molar-refractivity contribution in [3.8, 4) is 11.5 Å². The molecule has 3 N–H and O–H groups in total. The summed E-state index contributed by atoms with van der Waals surface area (Å²) in [4.78, 5) is 11.6. The van der Waals surface area contributed by atoms with Gasteiger partial charge in [0.25, 0.3) is 0 Å². The molecule has 4 rings (SSSR count). The van der Waals surface area contributed by atoms with Gasteiger partial charge in [0.2, 0.25) is 9.84 Å². The summed E-state index contributed by atoms with van der Waals surface area (Å²) in [6.07, 6.45) is 0.905. The first-order valence-electron chi connectivity index (χ1n) is 12.3. The Kier molecular flexibility index (Phi) is 11.1. The molecule has 10 heteroatoms. The van der Waals surface area contributed by atoms with Crippen LogP contribution in [0.2, 0.25) is 5.02 Å². The number of benzene rings is 4. The molecule has 4 aromatic carbocycles. The van der Waals surface area contributed by atoms with Crippen LogP contribution in [0.4, 0.5) is 0 Å². The predicted octanol–water partition coefficient (Wildman–Crippen LogP) is 6.34. The number of carbonyl (C=O) groups is 1. The van der Waals surface area contributed by atoms with Crippen LogP contribution < -0.4 is 10.1 Å². The Hall–Kier alpha value is -3.40. The van der Waals surface area contributed by atoms with Crippen LogP contribution in [-0.2, 0) is 16.3 Å². The first kappa shape index (κ1) is 31.1. The number of rotatable bonds is 12. The van der Waals surface area contributed by atoms with Crippen molar-refractivity contribution in [3.05, 3.63) is 119 Å². The molecule has 0 aliphatic carbocycles. The van der Waals surface area contributed by atoms with E-state index in [4.69, 9.17) is 16.3 Å². The number of carboxylic acid groups (broad SMARTS) is 1. The van der Waals surface area contributed by atoms with Gasteiger partial charge >= 0.3 is 5.97 Å². The van der Waals surface area contributed by atoms with Gasteiger partial charge in [-0.3, -0.25) is 0 Å². The zero-order valence-corrected chi connectivity index (χ0v) is 23.8. The van der Waals surface area contributed by atoms with Gasteiger partial charge in [0.05, 0.1) is 15.9 Å². The number of halogens is 2. The monoisotopic (exact) mass is 601 g/mol. The Morgan fingerprint density at radius 3 is 2.35 bits per heavy atom. The van der Waals surface area contributed by atoms with Gasteiger partial charge in [-0.1, -0.05) is 54.1 Å². The number of hydrogen-bond acceptors (Lipinski definition) is 6. The summed E-state index contributed by atoms with van der Waals surface area (Å²) in [6, 6.07) is 26.0. The molecule has 0 saturated heterocycles. The molecule has 0 aliphatic rings. The number of aromatic carboxylic acids is 1. The molecule has 4 aromatic rings. The maximum atomic E-state index is 13.2. The number of para-hydroxylation sites is 1. The number of sulfone groups is 1. The number of aliphatic hydroxyl groups is 1. The van der Waals surface area contributed by atoms with Crippen molar-refractivity contribution in [2.75, 3.05) is 13.1 Å². The van der Waals surface area contributed by atoms with E-state index in [1.54, 1.807) is 66.7 Å². The van der Waals surface area contributed by atoms with E-state index in [1.165, 1.54) is 24.3 Å². The molecular formula is C30H29Cl2NO6S. The highest BCUT2D eigenvalue weighted by Crippen LogP contribution is 2.29. The zero-order chi connectivity index (χ0) is 27.8. The van der Waals surface area contributed by atoms with Gasteiger partial charge in [-0.2, -0.15) is 0 Å². The summed E-state index contributed by atoms with van der Waals surface area (Å²) in [7, 11) is -3.81. The minimum Gasteiger partial charge on any atom is -0.478 e. The van der Waals surface area contributed by atoms with Crippen molar-refractivity contribution < 1.29 is 28.2 Å². The Labute approximate surface area is 244 Å². The van der Waals surface area contributed by atoms with Crippen LogP contribution in [0.25, 0.3) is 0 Å². The molecule has 1 atom stereocenters. The fourth-order valence-electron chi connectivity index (χ4n) is 4.02. The highest BCUT2D eigenvalue weighted by Gasteiger charge is 2.19. The van der Waals surface area contributed by atoms with Crippen molar-refractivity contribution >= 4 is 39.8 Å². The Balaban J connectivity index is 0.00000441. The molecule has 0 radical (unpaired) electrons. The highest BCUT2D eigenvalue weighted by atomic mass is 35.5. The van der Waals surface area contributed by atoms with Crippen molar-refractivity contribution in [1.82, 2.24) is 5.32 Å². The number of nitrogens with one attached hydrogen (secondary N) is 1. The zero-order valence-electron chi connectivity index (χ0n) is 21.4. The van der Waals surface area contributed by atoms with E-state index >= 15 is 0 Å². The molecule has 0 amide bonds. The number of ether oxygens (including phenoxy) is 1. The molecule has 7 nitrogen and oxygen atoms in total. The van der Waals surface area contributed by atoms with Crippen molar-refractivity contribution in [1.29, 1.82) is 0 Å². The third kappa shape index (κ3) is 8.06. The summed E-state index contributed by atoms with van der Waals surface area (Å²) in [6.45, 7) is 1.09. The lowest BCUT2D eigenvalue weighted by atomic mass is 10.1. The van der Waals surface area contributed by atoms with E-state index in [-0.39, 0.29) is 39.3 Å². The fourth-order valence-corrected chi connectivity index (χ4v) is 5.52. The highest BCUT2D eigenvalue weighted by molar-refractivity contribution is 7.91. The van der Waals surface area contributed by atoms with E-state index < -0.39 is 21.9 Å². The van der Waals surface area contributed by atoms with E-state index in [9.17, 15) is 23.4 Å². The van der Waals surface area contributed by atoms with Crippen LogP contribution in [0.1, 0.15) is 34.0 Å². The van der Waals surface area contributed by atoms with E-state index in [0.29, 0.717) is 18.1 Å². The van der Waals surface area contributed by atoms with E-state index in [0.717, 1.165) is 24.0 Å². The Morgan fingerprint density at radius 2 is 1.62 bits per heavy atom. The maximum absolute atomic E-state index is 13.2. The summed E-state index contributed by atoms with van der Waals surface area (Å²) in [5, 5.41) is 23.4. The van der Waals surface area contributed by atoms with Crippen LogP contribution in [0.15, 0.2) is 107 Å².